The minimum absolute atomic E-state index is 0.343. The molecule has 7 unspecified atom stereocenters. The van der Waals surface area contributed by atoms with Gasteiger partial charge in [-0.1, -0.05) is 124 Å². The number of unbranched alkanes of at least 4 members (excludes halogenated alkanes) is 1. The lowest BCUT2D eigenvalue weighted by Gasteiger charge is -2.55. The molecule has 0 aromatic heterocycles. The fourth-order valence-corrected chi connectivity index (χ4v) is 7.61. The summed E-state index contributed by atoms with van der Waals surface area (Å²) in [5, 5.41) is 0. The van der Waals surface area contributed by atoms with Crippen LogP contribution in [0, 0.1) is 63.6 Å². The van der Waals surface area contributed by atoms with E-state index in [-0.39, 0.29) is 0 Å². The van der Waals surface area contributed by atoms with Crippen LogP contribution in [0.4, 0.5) is 0 Å². The van der Waals surface area contributed by atoms with Crippen molar-refractivity contribution in [3.05, 3.63) is 0 Å². The molecular formula is C32H66. The van der Waals surface area contributed by atoms with E-state index in [4.69, 9.17) is 0 Å². The molecule has 0 aliphatic carbocycles. The Morgan fingerprint density at radius 2 is 1.06 bits per heavy atom. The molecule has 7 atom stereocenters. The molecule has 0 amide bonds. The van der Waals surface area contributed by atoms with Crippen molar-refractivity contribution in [1.29, 1.82) is 0 Å². The third-order valence-corrected chi connectivity index (χ3v) is 10.7. The number of hydrogen-bond acceptors (Lipinski definition) is 0. The highest BCUT2D eigenvalue weighted by Gasteiger charge is 2.49. The summed E-state index contributed by atoms with van der Waals surface area (Å²) in [4.78, 5) is 0. The first-order chi connectivity index (χ1) is 14.4. The largest absolute Gasteiger partial charge is 0.0654 e. The first kappa shape index (κ1) is 32.0. The van der Waals surface area contributed by atoms with Crippen LogP contribution >= 0.6 is 0 Å². The van der Waals surface area contributed by atoms with Gasteiger partial charge in [0.05, 0.1) is 0 Å². The zero-order valence-electron chi connectivity index (χ0n) is 25.7. The maximum Gasteiger partial charge on any atom is -0.0244 e. The van der Waals surface area contributed by atoms with E-state index in [0.717, 1.165) is 41.4 Å². The lowest BCUT2D eigenvalue weighted by Crippen LogP contribution is -2.48. The third-order valence-electron chi connectivity index (χ3n) is 10.7. The molecule has 0 fully saturated rings. The molecule has 0 nitrogen and oxygen atoms in total. The molecule has 0 N–H and O–H groups in total. The van der Waals surface area contributed by atoms with Crippen molar-refractivity contribution < 1.29 is 0 Å². The Morgan fingerprint density at radius 1 is 0.594 bits per heavy atom. The van der Waals surface area contributed by atoms with Gasteiger partial charge >= 0.3 is 0 Å². The predicted octanol–water partition coefficient (Wildman–Crippen LogP) is 11.1. The normalized spacial score (nSPS) is 20.5. The van der Waals surface area contributed by atoms with Gasteiger partial charge < -0.3 is 0 Å². The molecule has 0 aromatic rings. The summed E-state index contributed by atoms with van der Waals surface area (Å²) in [5.41, 5.74) is 1.12. The van der Waals surface area contributed by atoms with E-state index in [1.165, 1.54) is 32.1 Å². The van der Waals surface area contributed by atoms with E-state index in [0.29, 0.717) is 22.2 Å². The highest BCUT2D eigenvalue weighted by atomic mass is 14.5. The van der Waals surface area contributed by atoms with Crippen LogP contribution in [0.3, 0.4) is 0 Å². The van der Waals surface area contributed by atoms with Crippen molar-refractivity contribution in [3.63, 3.8) is 0 Å². The highest BCUT2D eigenvalue weighted by Crippen LogP contribution is 2.56. The van der Waals surface area contributed by atoms with E-state index in [2.05, 4.69) is 111 Å². The molecular weight excluding hydrogens is 384 g/mol. The van der Waals surface area contributed by atoms with E-state index in [9.17, 15) is 0 Å². The summed E-state index contributed by atoms with van der Waals surface area (Å²) >= 11 is 0. The van der Waals surface area contributed by atoms with Crippen molar-refractivity contribution in [2.75, 3.05) is 0 Å². The summed E-state index contributed by atoms with van der Waals surface area (Å²) in [6.07, 6.45) is 6.66. The Bertz CT molecular complexity index is 495. The molecule has 0 aliphatic heterocycles. The van der Waals surface area contributed by atoms with Crippen molar-refractivity contribution in [2.45, 2.75) is 143 Å². The second kappa shape index (κ2) is 12.6. The van der Waals surface area contributed by atoms with Crippen LogP contribution in [0.1, 0.15) is 143 Å². The predicted molar refractivity (Wildman–Crippen MR) is 149 cm³/mol. The van der Waals surface area contributed by atoms with Gasteiger partial charge in [0.2, 0.25) is 0 Å². The first-order valence-electron chi connectivity index (χ1n) is 14.4. The summed E-state index contributed by atoms with van der Waals surface area (Å²) in [6.45, 7) is 40.2. The van der Waals surface area contributed by atoms with Crippen LogP contribution in [0.25, 0.3) is 0 Å². The minimum Gasteiger partial charge on any atom is -0.0654 e. The zero-order chi connectivity index (χ0) is 25.7. The average Bonchev–Trinajstić information content (AvgIpc) is 2.67. The fraction of sp³-hybridized carbons (Fsp3) is 1.00. The van der Waals surface area contributed by atoms with Gasteiger partial charge in [-0.2, -0.15) is 0 Å². The van der Waals surface area contributed by atoms with Crippen molar-refractivity contribution in [1.82, 2.24) is 0 Å². The van der Waals surface area contributed by atoms with Gasteiger partial charge in [0.25, 0.3) is 0 Å². The van der Waals surface area contributed by atoms with Crippen LogP contribution in [-0.2, 0) is 0 Å². The Kier molecular flexibility index (Phi) is 12.6. The van der Waals surface area contributed by atoms with Gasteiger partial charge in [-0.3, -0.25) is 0 Å². The molecule has 0 aliphatic rings. The zero-order valence-corrected chi connectivity index (χ0v) is 25.7. The summed E-state index contributed by atoms with van der Waals surface area (Å²) in [7, 11) is 0. The Labute approximate surface area is 206 Å². The molecule has 0 aromatic carbocycles. The Hall–Kier alpha value is 0. The number of rotatable bonds is 13. The van der Waals surface area contributed by atoms with Gasteiger partial charge in [-0.15, -0.1) is 0 Å². The molecule has 32 heavy (non-hydrogen) atoms. The maximum atomic E-state index is 2.65. The van der Waals surface area contributed by atoms with Crippen LogP contribution in [0.2, 0.25) is 0 Å². The lowest BCUT2D eigenvalue weighted by molar-refractivity contribution is -0.0613. The van der Waals surface area contributed by atoms with Crippen LogP contribution < -0.4 is 0 Å². The average molecular weight is 451 g/mol. The van der Waals surface area contributed by atoms with Crippen LogP contribution in [-0.4, -0.2) is 0 Å². The standard InChI is InChI=1S/C32H66/c1-17-20-21-28(31(14,15)16)24(7)25(8)29(23(6)22(4)5)26(9)32(18-2,19-3)27(10)30(11,12)13/h22-29H,17-21H2,1-16H3. The van der Waals surface area contributed by atoms with Crippen LogP contribution in [0.15, 0.2) is 0 Å². The topological polar surface area (TPSA) is 0 Å². The highest BCUT2D eigenvalue weighted by molar-refractivity contribution is 4.98. The maximum absolute atomic E-state index is 2.65. The van der Waals surface area contributed by atoms with E-state index < -0.39 is 0 Å². The second-order valence-electron chi connectivity index (χ2n) is 14.3. The van der Waals surface area contributed by atoms with Gasteiger partial charge in [-0.05, 0) is 82.9 Å². The Balaban J connectivity index is 6.45. The first-order valence-corrected chi connectivity index (χ1v) is 14.4. The van der Waals surface area contributed by atoms with Gasteiger partial charge in [0, 0.05) is 0 Å². The molecule has 0 rings (SSSR count). The Morgan fingerprint density at radius 3 is 1.38 bits per heavy atom. The van der Waals surface area contributed by atoms with E-state index in [1.54, 1.807) is 0 Å². The molecule has 0 heterocycles. The molecule has 0 saturated heterocycles. The van der Waals surface area contributed by atoms with Crippen molar-refractivity contribution in [3.8, 4) is 0 Å². The van der Waals surface area contributed by atoms with Crippen molar-refractivity contribution >= 4 is 0 Å². The van der Waals surface area contributed by atoms with Gasteiger partial charge in [0.15, 0.2) is 0 Å². The second-order valence-corrected chi connectivity index (χ2v) is 14.3. The number of hydrogen-bond donors (Lipinski definition) is 0. The molecule has 0 spiro atoms. The SMILES string of the molecule is CCCCC(C(C)C(C)C(C(C)C(C)C)C(C)C(CC)(CC)C(C)C(C)(C)C)C(C)(C)C. The quantitative estimate of drug-likeness (QED) is 0.261. The van der Waals surface area contributed by atoms with Gasteiger partial charge in [-0.25, -0.2) is 0 Å². The molecule has 0 heteroatoms. The van der Waals surface area contributed by atoms with E-state index >= 15 is 0 Å². The van der Waals surface area contributed by atoms with Gasteiger partial charge in [0.1, 0.15) is 0 Å². The fourth-order valence-electron chi connectivity index (χ4n) is 7.61. The minimum atomic E-state index is 0.343. The lowest BCUT2D eigenvalue weighted by atomic mass is 9.50. The molecule has 194 valence electrons. The monoisotopic (exact) mass is 451 g/mol. The molecule has 0 saturated carbocycles. The smallest absolute Gasteiger partial charge is 0.0244 e. The van der Waals surface area contributed by atoms with Crippen molar-refractivity contribution in [2.24, 2.45) is 63.6 Å². The summed E-state index contributed by atoms with van der Waals surface area (Å²) in [5.74, 6) is 5.98. The van der Waals surface area contributed by atoms with E-state index in [1.807, 2.05) is 0 Å². The summed E-state index contributed by atoms with van der Waals surface area (Å²) in [6, 6.07) is 0. The third kappa shape index (κ3) is 7.50. The van der Waals surface area contributed by atoms with Crippen LogP contribution in [0.5, 0.6) is 0 Å². The molecule has 0 radical (unpaired) electrons. The molecule has 0 bridgehead atoms. The summed E-state index contributed by atoms with van der Waals surface area (Å²) < 4.78 is 0.